The van der Waals surface area contributed by atoms with Gasteiger partial charge in [-0.05, 0) is 29.4 Å². The smallest absolute Gasteiger partial charge is 0.211 e. The van der Waals surface area contributed by atoms with Crippen molar-refractivity contribution in [1.82, 2.24) is 4.72 Å². The maximum Gasteiger partial charge on any atom is 0.243 e. The Bertz CT molecular complexity index is 531. The Morgan fingerprint density at radius 1 is 1.10 bits per heavy atom. The van der Waals surface area contributed by atoms with Gasteiger partial charge in [0.2, 0.25) is 10.0 Å². The van der Waals surface area contributed by atoms with Gasteiger partial charge < -0.3 is 0 Å². The third-order valence-electron chi connectivity index (χ3n) is 2.58. The highest BCUT2D eigenvalue weighted by Crippen LogP contribution is 2.32. The molecular formula is C12H15BrCl2INO2S. The van der Waals surface area contributed by atoms with E-state index in [-0.39, 0.29) is 14.9 Å². The molecule has 0 heterocycles. The lowest BCUT2D eigenvalue weighted by Crippen LogP contribution is -2.25. The van der Waals surface area contributed by atoms with Gasteiger partial charge in [-0.25, -0.2) is 13.1 Å². The molecule has 8 heteroatoms. The van der Waals surface area contributed by atoms with E-state index < -0.39 is 10.0 Å². The fraction of sp³-hybridized carbons (Fsp3) is 0.500. The van der Waals surface area contributed by atoms with E-state index in [0.717, 1.165) is 30.1 Å². The number of halogens is 4. The van der Waals surface area contributed by atoms with Gasteiger partial charge >= 0.3 is 0 Å². The zero-order valence-corrected chi connectivity index (χ0v) is 16.7. The highest BCUT2D eigenvalue weighted by atomic mass is 127. The number of unbranched alkanes of at least 4 members (excludes halogenated alkanes) is 3. The minimum atomic E-state index is -3.67. The Labute approximate surface area is 152 Å². The van der Waals surface area contributed by atoms with Gasteiger partial charge in [0.1, 0.15) is 4.90 Å². The molecule has 3 nitrogen and oxygen atoms in total. The molecule has 0 aromatic heterocycles. The zero-order chi connectivity index (χ0) is 15.2. The summed E-state index contributed by atoms with van der Waals surface area (Å²) in [5, 5.41) is 0.226. The number of sulfonamides is 1. The second kappa shape index (κ2) is 9.15. The molecule has 1 aromatic rings. The molecule has 0 aliphatic carbocycles. The number of alkyl halides is 1. The van der Waals surface area contributed by atoms with E-state index in [4.69, 9.17) is 23.2 Å². The van der Waals surface area contributed by atoms with Crippen LogP contribution in [0.5, 0.6) is 0 Å². The third kappa shape index (κ3) is 5.96. The van der Waals surface area contributed by atoms with Gasteiger partial charge in [-0.1, -0.05) is 74.6 Å². The van der Waals surface area contributed by atoms with Crippen molar-refractivity contribution < 1.29 is 8.42 Å². The van der Waals surface area contributed by atoms with Gasteiger partial charge in [0.15, 0.2) is 0 Å². The second-order valence-corrected chi connectivity index (χ2v) is 8.71. The van der Waals surface area contributed by atoms with Gasteiger partial charge in [-0.3, -0.25) is 0 Å². The van der Waals surface area contributed by atoms with Crippen molar-refractivity contribution in [3.05, 3.63) is 26.7 Å². The summed E-state index contributed by atoms with van der Waals surface area (Å²) in [6.45, 7) is 0.395. The van der Waals surface area contributed by atoms with Crippen LogP contribution in [0.4, 0.5) is 0 Å². The molecule has 0 atom stereocenters. The topological polar surface area (TPSA) is 46.2 Å². The quantitative estimate of drug-likeness (QED) is 0.300. The lowest BCUT2D eigenvalue weighted by molar-refractivity contribution is 0.574. The first kappa shape index (κ1) is 19.0. The molecule has 0 amide bonds. The molecular weight excluding hydrogens is 500 g/mol. The van der Waals surface area contributed by atoms with Gasteiger partial charge in [0, 0.05) is 11.0 Å². The fourth-order valence-corrected chi connectivity index (χ4v) is 5.18. The monoisotopic (exact) mass is 513 g/mol. The highest BCUT2D eigenvalue weighted by molar-refractivity contribution is 14.1. The van der Waals surface area contributed by atoms with E-state index >= 15 is 0 Å². The summed E-state index contributed by atoms with van der Waals surface area (Å²) in [4.78, 5) is -0.0590. The van der Waals surface area contributed by atoms with Crippen LogP contribution in [0.15, 0.2) is 21.5 Å². The van der Waals surface area contributed by atoms with Crippen molar-refractivity contribution in [1.29, 1.82) is 0 Å². The van der Waals surface area contributed by atoms with E-state index in [1.54, 1.807) is 0 Å². The van der Waals surface area contributed by atoms with Crippen LogP contribution < -0.4 is 4.72 Å². The Morgan fingerprint density at radius 2 is 1.65 bits per heavy atom. The molecule has 0 aliphatic heterocycles. The minimum Gasteiger partial charge on any atom is -0.211 e. The average molecular weight is 515 g/mol. The van der Waals surface area contributed by atoms with E-state index in [0.29, 0.717) is 11.0 Å². The summed E-state index contributed by atoms with van der Waals surface area (Å²) in [6, 6.07) is 3.03. The first-order valence-corrected chi connectivity index (χ1v) is 10.6. The van der Waals surface area contributed by atoms with E-state index in [2.05, 4.69) is 43.2 Å². The van der Waals surface area contributed by atoms with Gasteiger partial charge in [-0.2, -0.15) is 0 Å². The lowest BCUT2D eigenvalue weighted by atomic mass is 10.2. The molecule has 0 radical (unpaired) electrons. The largest absolute Gasteiger partial charge is 0.243 e. The van der Waals surface area contributed by atoms with Crippen molar-refractivity contribution in [2.24, 2.45) is 0 Å². The summed E-state index contributed by atoms with van der Waals surface area (Å²) in [6.07, 6.45) is 4.09. The van der Waals surface area contributed by atoms with E-state index in [9.17, 15) is 8.42 Å². The van der Waals surface area contributed by atoms with Crippen LogP contribution in [0.25, 0.3) is 0 Å². The van der Waals surface area contributed by atoms with Gasteiger partial charge in [0.25, 0.3) is 0 Å². The fourth-order valence-electron chi connectivity index (χ4n) is 1.64. The lowest BCUT2D eigenvalue weighted by Gasteiger charge is -2.10. The van der Waals surface area contributed by atoms with E-state index in [1.165, 1.54) is 12.1 Å². The number of nitrogens with one attached hydrogen (secondary N) is 1. The zero-order valence-electron chi connectivity index (χ0n) is 10.6. The summed E-state index contributed by atoms with van der Waals surface area (Å²) >= 11 is 17.5. The Balaban J connectivity index is 2.66. The summed E-state index contributed by atoms with van der Waals surface area (Å²) < 4.78 is 28.7. The Hall–Kier alpha value is 0.920. The average Bonchev–Trinajstić information content (AvgIpc) is 2.31. The van der Waals surface area contributed by atoms with Crippen LogP contribution in [0, 0.1) is 0 Å². The predicted octanol–water partition coefficient (Wildman–Crippen LogP) is 5.03. The van der Waals surface area contributed by atoms with Crippen LogP contribution in [0.3, 0.4) is 0 Å². The maximum atomic E-state index is 12.2. The molecule has 0 saturated heterocycles. The second-order valence-electron chi connectivity index (χ2n) is 4.20. The number of rotatable bonds is 8. The van der Waals surface area contributed by atoms with Crippen molar-refractivity contribution in [2.75, 3.05) is 11.0 Å². The van der Waals surface area contributed by atoms with Crippen molar-refractivity contribution >= 4 is 71.7 Å². The Morgan fingerprint density at radius 3 is 2.20 bits per heavy atom. The standard InChI is InChI=1S/C12H15BrCl2INO2S/c13-9-7-10(14)12(11(15)8-9)20(18,19)17-6-4-2-1-3-5-16/h7-8,17H,1-6H2. The number of hydrogen-bond donors (Lipinski definition) is 1. The molecule has 0 aliphatic rings. The first-order chi connectivity index (χ1) is 9.38. The molecule has 1 aromatic carbocycles. The molecule has 1 rings (SSSR count). The normalized spacial score (nSPS) is 11.8. The SMILES string of the molecule is O=S(=O)(NCCCCCCI)c1c(Cl)cc(Br)cc1Cl. The molecule has 0 fully saturated rings. The number of benzene rings is 1. The molecule has 0 spiro atoms. The van der Waals surface area contributed by atoms with Crippen LogP contribution >= 0.6 is 61.7 Å². The summed E-state index contributed by atoms with van der Waals surface area (Å²) in [7, 11) is -3.67. The molecule has 0 unspecified atom stereocenters. The third-order valence-corrected chi connectivity index (χ3v) is 6.19. The van der Waals surface area contributed by atoms with Crippen molar-refractivity contribution in [2.45, 2.75) is 30.6 Å². The highest BCUT2D eigenvalue weighted by Gasteiger charge is 2.21. The molecule has 1 N–H and O–H groups in total. The first-order valence-electron chi connectivity index (χ1n) is 6.08. The van der Waals surface area contributed by atoms with Crippen LogP contribution in [0.2, 0.25) is 10.0 Å². The molecule has 114 valence electrons. The molecule has 0 saturated carbocycles. The van der Waals surface area contributed by atoms with Gasteiger partial charge in [0.05, 0.1) is 10.0 Å². The van der Waals surface area contributed by atoms with Crippen LogP contribution in [-0.2, 0) is 10.0 Å². The van der Waals surface area contributed by atoms with Crippen LogP contribution in [0.1, 0.15) is 25.7 Å². The minimum absolute atomic E-state index is 0.0590. The summed E-state index contributed by atoms with van der Waals surface area (Å²) in [5.41, 5.74) is 0. The molecule has 20 heavy (non-hydrogen) atoms. The van der Waals surface area contributed by atoms with E-state index in [1.807, 2.05) is 0 Å². The van der Waals surface area contributed by atoms with Crippen molar-refractivity contribution in [3.63, 3.8) is 0 Å². The van der Waals surface area contributed by atoms with Gasteiger partial charge in [-0.15, -0.1) is 0 Å². The molecule has 0 bridgehead atoms. The van der Waals surface area contributed by atoms with Crippen LogP contribution in [-0.4, -0.2) is 19.4 Å². The number of hydrogen-bond acceptors (Lipinski definition) is 2. The predicted molar refractivity (Wildman–Crippen MR) is 96.7 cm³/mol. The Kier molecular flexibility index (Phi) is 8.68. The van der Waals surface area contributed by atoms with Crippen molar-refractivity contribution in [3.8, 4) is 0 Å². The summed E-state index contributed by atoms with van der Waals surface area (Å²) in [5.74, 6) is 0. The maximum absolute atomic E-state index is 12.2.